The van der Waals surface area contributed by atoms with Crippen molar-refractivity contribution in [3.63, 3.8) is 0 Å². The highest BCUT2D eigenvalue weighted by Crippen LogP contribution is 2.35. The Bertz CT molecular complexity index is 545. The third-order valence-corrected chi connectivity index (χ3v) is 5.36. The highest BCUT2D eigenvalue weighted by Gasteiger charge is 2.42. The molecule has 1 saturated carbocycles. The number of nitrogens with zero attached hydrogens (tertiary/aromatic N) is 1. The van der Waals surface area contributed by atoms with Crippen molar-refractivity contribution in [1.29, 1.82) is 0 Å². The Morgan fingerprint density at radius 1 is 1.19 bits per heavy atom. The minimum absolute atomic E-state index is 0.130. The number of hydrogen-bond acceptors (Lipinski definition) is 3. The van der Waals surface area contributed by atoms with E-state index in [-0.39, 0.29) is 5.92 Å². The third-order valence-electron chi connectivity index (χ3n) is 5.36. The van der Waals surface area contributed by atoms with Gasteiger partial charge in [0.25, 0.3) is 0 Å². The zero-order valence-corrected chi connectivity index (χ0v) is 12.3. The van der Waals surface area contributed by atoms with Gasteiger partial charge in [0.2, 0.25) is 5.91 Å². The molecule has 0 spiro atoms. The quantitative estimate of drug-likeness (QED) is 0.828. The van der Waals surface area contributed by atoms with Crippen LogP contribution < -0.4 is 15.8 Å². The molecule has 0 radical (unpaired) electrons. The van der Waals surface area contributed by atoms with Crippen LogP contribution in [0.5, 0.6) is 0 Å². The smallest absolute Gasteiger partial charge is 0.231 e. The standard InChI is InChI=1S/C17H23N3O/c21-17(14-8-3-6-13-11-18-19-16(13)14)20-10-4-7-12-5-1-2-9-15(12)20/h1-2,5,9,13-14,16,18-19H,3-4,6-8,10-11H2. The fourth-order valence-electron chi connectivity index (χ4n) is 4.28. The van der Waals surface area contributed by atoms with Gasteiger partial charge in [-0.15, -0.1) is 0 Å². The van der Waals surface area contributed by atoms with Gasteiger partial charge < -0.3 is 4.90 Å². The van der Waals surface area contributed by atoms with Gasteiger partial charge in [0.15, 0.2) is 0 Å². The van der Waals surface area contributed by atoms with E-state index in [0.29, 0.717) is 17.9 Å². The average Bonchev–Trinajstić information content (AvgIpc) is 3.02. The number of aryl methyl sites for hydroxylation is 1. The Morgan fingerprint density at radius 3 is 3.05 bits per heavy atom. The van der Waals surface area contributed by atoms with Gasteiger partial charge in [-0.1, -0.05) is 24.6 Å². The summed E-state index contributed by atoms with van der Waals surface area (Å²) in [7, 11) is 0. The monoisotopic (exact) mass is 285 g/mol. The second kappa shape index (κ2) is 5.43. The second-order valence-electron chi connectivity index (χ2n) is 6.57. The highest BCUT2D eigenvalue weighted by molar-refractivity contribution is 5.96. The predicted octanol–water partition coefficient (Wildman–Crippen LogP) is 1.86. The molecule has 1 aromatic carbocycles. The van der Waals surface area contributed by atoms with Crippen LogP contribution >= 0.6 is 0 Å². The topological polar surface area (TPSA) is 44.4 Å². The van der Waals surface area contributed by atoms with E-state index in [1.807, 2.05) is 11.0 Å². The lowest BCUT2D eigenvalue weighted by atomic mass is 9.77. The molecule has 112 valence electrons. The Kier molecular flexibility index (Phi) is 3.43. The van der Waals surface area contributed by atoms with E-state index >= 15 is 0 Å². The van der Waals surface area contributed by atoms with Gasteiger partial charge in [-0.3, -0.25) is 15.6 Å². The number of carbonyl (C=O) groups excluding carboxylic acids is 1. The van der Waals surface area contributed by atoms with Crippen LogP contribution in [0.15, 0.2) is 24.3 Å². The zero-order valence-electron chi connectivity index (χ0n) is 12.3. The third kappa shape index (κ3) is 2.27. The van der Waals surface area contributed by atoms with E-state index in [9.17, 15) is 4.79 Å². The van der Waals surface area contributed by atoms with Crippen molar-refractivity contribution in [2.75, 3.05) is 18.0 Å². The van der Waals surface area contributed by atoms with E-state index in [1.54, 1.807) is 0 Å². The van der Waals surface area contributed by atoms with Crippen molar-refractivity contribution in [1.82, 2.24) is 10.9 Å². The van der Waals surface area contributed by atoms with Crippen LogP contribution in [0.4, 0.5) is 5.69 Å². The van der Waals surface area contributed by atoms with Gasteiger partial charge >= 0.3 is 0 Å². The Balaban J connectivity index is 1.60. The lowest BCUT2D eigenvalue weighted by molar-refractivity contribution is -0.124. The number of anilines is 1. The number of para-hydroxylation sites is 1. The first-order valence-electron chi connectivity index (χ1n) is 8.22. The zero-order chi connectivity index (χ0) is 14.2. The first-order chi connectivity index (χ1) is 10.3. The molecule has 1 aromatic rings. The number of fused-ring (bicyclic) bond motifs is 2. The number of benzene rings is 1. The van der Waals surface area contributed by atoms with Gasteiger partial charge in [0, 0.05) is 24.8 Å². The summed E-state index contributed by atoms with van der Waals surface area (Å²) in [6, 6.07) is 8.70. The van der Waals surface area contributed by atoms with Gasteiger partial charge in [-0.2, -0.15) is 0 Å². The Hall–Kier alpha value is -1.39. The van der Waals surface area contributed by atoms with Crippen LogP contribution in [0, 0.1) is 11.8 Å². The first-order valence-corrected chi connectivity index (χ1v) is 8.22. The van der Waals surface area contributed by atoms with Gasteiger partial charge in [-0.05, 0) is 43.2 Å². The summed E-state index contributed by atoms with van der Waals surface area (Å²) >= 11 is 0. The number of nitrogens with one attached hydrogen (secondary N) is 2. The maximum atomic E-state index is 13.1. The van der Waals surface area contributed by atoms with Gasteiger partial charge in [0.1, 0.15) is 0 Å². The molecule has 2 fully saturated rings. The van der Waals surface area contributed by atoms with E-state index in [0.717, 1.165) is 38.0 Å². The fourth-order valence-corrected chi connectivity index (χ4v) is 4.28. The van der Waals surface area contributed by atoms with Crippen LogP contribution in [0.1, 0.15) is 31.2 Å². The van der Waals surface area contributed by atoms with Crippen molar-refractivity contribution in [2.24, 2.45) is 11.8 Å². The highest BCUT2D eigenvalue weighted by atomic mass is 16.2. The van der Waals surface area contributed by atoms with Crippen molar-refractivity contribution in [3.05, 3.63) is 29.8 Å². The van der Waals surface area contributed by atoms with Crippen LogP contribution in [0.25, 0.3) is 0 Å². The number of hydrazine groups is 1. The lowest BCUT2D eigenvalue weighted by Crippen LogP contribution is -2.50. The summed E-state index contributed by atoms with van der Waals surface area (Å²) in [5, 5.41) is 0. The molecule has 2 aliphatic heterocycles. The van der Waals surface area contributed by atoms with Crippen LogP contribution in [0.2, 0.25) is 0 Å². The molecule has 2 N–H and O–H groups in total. The summed E-state index contributed by atoms with van der Waals surface area (Å²) in [5.41, 5.74) is 9.07. The molecule has 1 aliphatic carbocycles. The molecule has 3 atom stereocenters. The minimum atomic E-state index is 0.130. The fraction of sp³-hybridized carbons (Fsp3) is 0.588. The molecule has 0 aromatic heterocycles. The second-order valence-corrected chi connectivity index (χ2v) is 6.57. The van der Waals surface area contributed by atoms with Crippen LogP contribution in [-0.2, 0) is 11.2 Å². The van der Waals surface area contributed by atoms with Crippen molar-refractivity contribution in [3.8, 4) is 0 Å². The number of rotatable bonds is 1. The van der Waals surface area contributed by atoms with E-state index < -0.39 is 0 Å². The summed E-state index contributed by atoms with van der Waals surface area (Å²) in [6.45, 7) is 1.88. The lowest BCUT2D eigenvalue weighted by Gasteiger charge is -2.37. The average molecular weight is 285 g/mol. The molecular weight excluding hydrogens is 262 g/mol. The molecule has 1 saturated heterocycles. The van der Waals surface area contributed by atoms with Crippen molar-refractivity contribution >= 4 is 11.6 Å². The summed E-state index contributed by atoms with van der Waals surface area (Å²) in [4.78, 5) is 15.2. The first kappa shape index (κ1) is 13.3. The van der Waals surface area contributed by atoms with Crippen LogP contribution in [-0.4, -0.2) is 25.0 Å². The van der Waals surface area contributed by atoms with E-state index in [4.69, 9.17) is 0 Å². The Morgan fingerprint density at radius 2 is 2.10 bits per heavy atom. The Labute approximate surface area is 125 Å². The van der Waals surface area contributed by atoms with Gasteiger partial charge in [-0.25, -0.2) is 0 Å². The molecule has 4 heteroatoms. The molecule has 21 heavy (non-hydrogen) atoms. The molecule has 2 heterocycles. The van der Waals surface area contributed by atoms with Crippen molar-refractivity contribution in [2.45, 2.75) is 38.1 Å². The number of hydrogen-bond donors (Lipinski definition) is 2. The van der Waals surface area contributed by atoms with E-state index in [1.165, 1.54) is 18.4 Å². The SMILES string of the molecule is O=C(C1CCCC2CNNC21)N1CCCc2ccccc21. The number of amides is 1. The normalized spacial score (nSPS) is 31.6. The van der Waals surface area contributed by atoms with E-state index in [2.05, 4.69) is 29.1 Å². The van der Waals surface area contributed by atoms with Gasteiger partial charge in [0.05, 0.1) is 5.92 Å². The molecule has 4 rings (SSSR count). The maximum Gasteiger partial charge on any atom is 0.231 e. The molecule has 3 unspecified atom stereocenters. The summed E-state index contributed by atoms with van der Waals surface area (Å²) in [6.07, 6.45) is 5.61. The van der Waals surface area contributed by atoms with Crippen molar-refractivity contribution < 1.29 is 4.79 Å². The minimum Gasteiger partial charge on any atom is -0.312 e. The maximum absolute atomic E-state index is 13.1. The molecular formula is C17H23N3O. The largest absolute Gasteiger partial charge is 0.312 e. The predicted molar refractivity (Wildman–Crippen MR) is 82.9 cm³/mol. The molecule has 3 aliphatic rings. The number of carbonyl (C=O) groups is 1. The molecule has 4 nitrogen and oxygen atoms in total. The summed E-state index contributed by atoms with van der Waals surface area (Å²) < 4.78 is 0. The summed E-state index contributed by atoms with van der Waals surface area (Å²) in [5.74, 6) is 1.07. The molecule has 1 amide bonds. The van der Waals surface area contributed by atoms with Crippen LogP contribution in [0.3, 0.4) is 0 Å². The molecule has 0 bridgehead atoms.